The number of halogens is 1. The van der Waals surface area contributed by atoms with Crippen LogP contribution in [-0.2, 0) is 16.0 Å². The molecule has 1 N–H and O–H groups in total. The van der Waals surface area contributed by atoms with Gasteiger partial charge in [-0.15, -0.1) is 0 Å². The highest BCUT2D eigenvalue weighted by Crippen LogP contribution is 2.29. The molecule has 1 amide bonds. The summed E-state index contributed by atoms with van der Waals surface area (Å²) in [5.41, 5.74) is 0.392. The molecule has 138 valence electrons. The molecular weight excluding hydrogens is 323 g/mol. The molecule has 2 saturated heterocycles. The van der Waals surface area contributed by atoms with Crippen molar-refractivity contribution in [3.63, 3.8) is 0 Å². The average Bonchev–Trinajstić information content (AvgIpc) is 2.61. The first-order chi connectivity index (χ1) is 12.1. The lowest BCUT2D eigenvalue weighted by Crippen LogP contribution is -2.53. The molecule has 1 aromatic rings. The van der Waals surface area contributed by atoms with Crippen LogP contribution in [0.2, 0.25) is 0 Å². The Hall–Kier alpha value is -1.76. The molecule has 25 heavy (non-hydrogen) atoms. The Kier molecular flexibility index (Phi) is 5.83. The maximum Gasteiger partial charge on any atom is 0.227 e. The number of aryl methyl sites for hydroxylation is 1. The summed E-state index contributed by atoms with van der Waals surface area (Å²) < 4.78 is 19.8. The molecule has 0 aliphatic carbocycles. The zero-order chi connectivity index (χ0) is 17.8. The van der Waals surface area contributed by atoms with E-state index in [0.29, 0.717) is 37.8 Å². The van der Waals surface area contributed by atoms with Gasteiger partial charge in [-0.2, -0.15) is 0 Å². The minimum Gasteiger partial charge on any atom is -0.381 e. The van der Waals surface area contributed by atoms with Crippen molar-refractivity contribution in [2.45, 2.75) is 33.1 Å². The van der Waals surface area contributed by atoms with E-state index < -0.39 is 5.82 Å². The molecule has 0 bridgehead atoms. The molecule has 0 aromatic carbocycles. The van der Waals surface area contributed by atoms with E-state index in [0.717, 1.165) is 25.9 Å². The van der Waals surface area contributed by atoms with Gasteiger partial charge in [0.15, 0.2) is 11.6 Å². The summed E-state index contributed by atoms with van der Waals surface area (Å²) >= 11 is 0. The number of aromatic nitrogens is 2. The van der Waals surface area contributed by atoms with Gasteiger partial charge in [0, 0.05) is 32.8 Å². The summed E-state index contributed by atoms with van der Waals surface area (Å²) in [6.07, 6.45) is 3.62. The van der Waals surface area contributed by atoms with E-state index in [2.05, 4.69) is 22.2 Å². The first kappa shape index (κ1) is 18.0. The van der Waals surface area contributed by atoms with E-state index in [1.54, 1.807) is 0 Å². The van der Waals surface area contributed by atoms with Crippen LogP contribution in [0.5, 0.6) is 0 Å². The molecule has 2 fully saturated rings. The van der Waals surface area contributed by atoms with Crippen molar-refractivity contribution >= 4 is 11.7 Å². The van der Waals surface area contributed by atoms with Crippen molar-refractivity contribution in [1.29, 1.82) is 0 Å². The highest BCUT2D eigenvalue weighted by Gasteiger charge is 2.37. The van der Waals surface area contributed by atoms with Crippen LogP contribution >= 0.6 is 0 Å². The number of amides is 1. The van der Waals surface area contributed by atoms with E-state index in [1.807, 2.05) is 11.8 Å². The molecule has 3 rings (SSSR count). The molecular formula is C18H27FN4O2. The molecule has 0 radical (unpaired) electrons. The molecule has 1 atom stereocenters. The first-order valence-corrected chi connectivity index (χ1v) is 9.19. The van der Waals surface area contributed by atoms with Gasteiger partial charge in [0.25, 0.3) is 0 Å². The standard InChI is InChI=1S/C18H27FN4O2/c1-3-15-16(19)17(22-11-21-15)20-8-14(13-4-6-25-7-5-13)18(24)23-9-12(2)10-23/h11-14H,3-10H2,1-2H3,(H,20,21,22). The van der Waals surface area contributed by atoms with Crippen molar-refractivity contribution in [3.8, 4) is 0 Å². The molecule has 7 heteroatoms. The second kappa shape index (κ2) is 8.08. The van der Waals surface area contributed by atoms with E-state index in [1.165, 1.54) is 6.33 Å². The number of hydrogen-bond donors (Lipinski definition) is 1. The van der Waals surface area contributed by atoms with Gasteiger partial charge in [0.05, 0.1) is 11.6 Å². The first-order valence-electron chi connectivity index (χ1n) is 9.19. The smallest absolute Gasteiger partial charge is 0.227 e. The number of hydrogen-bond acceptors (Lipinski definition) is 5. The van der Waals surface area contributed by atoms with E-state index >= 15 is 0 Å². The Labute approximate surface area is 148 Å². The second-order valence-corrected chi connectivity index (χ2v) is 7.12. The summed E-state index contributed by atoms with van der Waals surface area (Å²) in [4.78, 5) is 22.8. The van der Waals surface area contributed by atoms with Gasteiger partial charge in [-0.25, -0.2) is 14.4 Å². The Balaban J connectivity index is 1.70. The number of nitrogens with one attached hydrogen (secondary N) is 1. The summed E-state index contributed by atoms with van der Waals surface area (Å²) in [5, 5.41) is 3.07. The number of carbonyl (C=O) groups excluding carboxylic acids is 1. The molecule has 1 unspecified atom stereocenters. The molecule has 2 aliphatic rings. The van der Waals surface area contributed by atoms with Crippen LogP contribution in [0.25, 0.3) is 0 Å². The van der Waals surface area contributed by atoms with Gasteiger partial charge in [-0.1, -0.05) is 13.8 Å². The van der Waals surface area contributed by atoms with Gasteiger partial charge < -0.3 is 15.0 Å². The van der Waals surface area contributed by atoms with Gasteiger partial charge in [0.1, 0.15) is 6.33 Å². The Bertz CT molecular complexity index is 601. The highest BCUT2D eigenvalue weighted by atomic mass is 19.1. The highest BCUT2D eigenvalue weighted by molar-refractivity contribution is 5.80. The van der Waals surface area contributed by atoms with Crippen LogP contribution in [0.15, 0.2) is 6.33 Å². The van der Waals surface area contributed by atoms with Gasteiger partial charge in [0.2, 0.25) is 5.91 Å². The normalized spacial score (nSPS) is 20.2. The number of nitrogens with zero attached hydrogens (tertiary/aromatic N) is 3. The van der Waals surface area contributed by atoms with Crippen LogP contribution in [-0.4, -0.2) is 53.6 Å². The quantitative estimate of drug-likeness (QED) is 0.851. The lowest BCUT2D eigenvalue weighted by molar-refractivity contribution is -0.144. The maximum atomic E-state index is 14.4. The Morgan fingerprint density at radius 1 is 1.40 bits per heavy atom. The van der Waals surface area contributed by atoms with Crippen molar-refractivity contribution in [3.05, 3.63) is 17.8 Å². The summed E-state index contributed by atoms with van der Waals surface area (Å²) in [5.74, 6) is 0.604. The van der Waals surface area contributed by atoms with Crippen molar-refractivity contribution in [1.82, 2.24) is 14.9 Å². The molecule has 1 aromatic heterocycles. The van der Waals surface area contributed by atoms with E-state index in [9.17, 15) is 9.18 Å². The molecule has 3 heterocycles. The van der Waals surface area contributed by atoms with Crippen LogP contribution in [0.4, 0.5) is 10.2 Å². The largest absolute Gasteiger partial charge is 0.381 e. The summed E-state index contributed by atoms with van der Waals surface area (Å²) in [6.45, 7) is 7.41. The van der Waals surface area contributed by atoms with Crippen LogP contribution in [0.3, 0.4) is 0 Å². The molecule has 0 spiro atoms. The maximum absolute atomic E-state index is 14.4. The zero-order valence-corrected chi connectivity index (χ0v) is 15.0. The number of likely N-dealkylation sites (tertiary alicyclic amines) is 1. The fourth-order valence-corrected chi connectivity index (χ4v) is 3.67. The molecule has 0 saturated carbocycles. The molecule has 2 aliphatic heterocycles. The van der Waals surface area contributed by atoms with Crippen LogP contribution < -0.4 is 5.32 Å². The fourth-order valence-electron chi connectivity index (χ4n) is 3.67. The summed E-state index contributed by atoms with van der Waals surface area (Å²) in [6, 6.07) is 0. The van der Waals surface area contributed by atoms with Gasteiger partial charge in [-0.3, -0.25) is 4.79 Å². The van der Waals surface area contributed by atoms with Crippen LogP contribution in [0, 0.1) is 23.6 Å². The second-order valence-electron chi connectivity index (χ2n) is 7.12. The predicted molar refractivity (Wildman–Crippen MR) is 92.6 cm³/mol. The number of ether oxygens (including phenoxy) is 1. The average molecular weight is 350 g/mol. The Morgan fingerprint density at radius 2 is 2.12 bits per heavy atom. The van der Waals surface area contributed by atoms with Crippen LogP contribution in [0.1, 0.15) is 32.4 Å². The minimum atomic E-state index is -0.416. The lowest BCUT2D eigenvalue weighted by Gasteiger charge is -2.41. The topological polar surface area (TPSA) is 67.4 Å². The number of anilines is 1. The minimum absolute atomic E-state index is 0.169. The Morgan fingerprint density at radius 3 is 2.76 bits per heavy atom. The third kappa shape index (κ3) is 4.08. The fraction of sp³-hybridized carbons (Fsp3) is 0.722. The number of carbonyl (C=O) groups is 1. The third-order valence-electron chi connectivity index (χ3n) is 5.21. The monoisotopic (exact) mass is 350 g/mol. The lowest BCUT2D eigenvalue weighted by atomic mass is 9.83. The van der Waals surface area contributed by atoms with Gasteiger partial charge >= 0.3 is 0 Å². The zero-order valence-electron chi connectivity index (χ0n) is 15.0. The van der Waals surface area contributed by atoms with E-state index in [-0.39, 0.29) is 23.6 Å². The molecule has 6 nitrogen and oxygen atoms in total. The third-order valence-corrected chi connectivity index (χ3v) is 5.21. The predicted octanol–water partition coefficient (Wildman–Crippen LogP) is 2.11. The number of rotatable bonds is 6. The SMILES string of the molecule is CCc1ncnc(NCC(C(=O)N2CC(C)C2)C2CCOCC2)c1F. The van der Waals surface area contributed by atoms with Crippen molar-refractivity contribution in [2.75, 3.05) is 38.2 Å². The van der Waals surface area contributed by atoms with Crippen molar-refractivity contribution < 1.29 is 13.9 Å². The van der Waals surface area contributed by atoms with Gasteiger partial charge in [-0.05, 0) is 31.1 Å². The van der Waals surface area contributed by atoms with E-state index in [4.69, 9.17) is 4.74 Å². The summed E-state index contributed by atoms with van der Waals surface area (Å²) in [7, 11) is 0. The van der Waals surface area contributed by atoms with Crippen molar-refractivity contribution in [2.24, 2.45) is 17.8 Å².